The van der Waals surface area contributed by atoms with E-state index in [1.54, 1.807) is 35.6 Å². The third-order valence-electron chi connectivity index (χ3n) is 6.03. The lowest BCUT2D eigenvalue weighted by Gasteiger charge is -2.31. The number of aromatic nitrogens is 3. The van der Waals surface area contributed by atoms with Gasteiger partial charge in [-0.15, -0.1) is 0 Å². The van der Waals surface area contributed by atoms with E-state index in [2.05, 4.69) is 15.3 Å². The number of para-hydroxylation sites is 2. The Morgan fingerprint density at radius 1 is 1.12 bits per heavy atom. The van der Waals surface area contributed by atoms with Crippen LogP contribution in [0.25, 0.3) is 16.0 Å². The van der Waals surface area contributed by atoms with Crippen LogP contribution in [0.3, 0.4) is 0 Å². The standard InChI is InChI=1S/C25H25N5O3S/c1-16-21-22(30(28-16)18-10-4-3-5-11-18)27-25(34-21)29-14-8-9-17(15-29)23(31)26-20-13-7-6-12-19(20)24(32)33-2/h3-7,10-13,17H,8-9,14-15H2,1-2H3,(H,26,31)/t17-/m0/s1. The first-order valence-corrected chi connectivity index (χ1v) is 12.0. The average Bonchev–Trinajstić information content (AvgIpc) is 3.45. The van der Waals surface area contributed by atoms with Gasteiger partial charge in [-0.25, -0.2) is 9.48 Å². The lowest BCUT2D eigenvalue weighted by atomic mass is 9.97. The fraction of sp³-hybridized carbons (Fsp3) is 0.280. The van der Waals surface area contributed by atoms with Gasteiger partial charge in [-0.2, -0.15) is 10.1 Å². The highest BCUT2D eigenvalue weighted by atomic mass is 32.1. The summed E-state index contributed by atoms with van der Waals surface area (Å²) in [6, 6.07) is 16.9. The first kappa shape index (κ1) is 22.1. The minimum Gasteiger partial charge on any atom is -0.465 e. The zero-order chi connectivity index (χ0) is 23.7. The number of amides is 1. The third kappa shape index (κ3) is 4.14. The monoisotopic (exact) mass is 475 g/mol. The molecule has 1 saturated heterocycles. The van der Waals surface area contributed by atoms with E-state index in [0.717, 1.165) is 46.2 Å². The average molecular weight is 476 g/mol. The molecule has 2 aromatic carbocycles. The largest absolute Gasteiger partial charge is 0.465 e. The Balaban J connectivity index is 1.36. The number of hydrogen-bond donors (Lipinski definition) is 1. The van der Waals surface area contributed by atoms with Crippen molar-refractivity contribution in [2.45, 2.75) is 19.8 Å². The second-order valence-corrected chi connectivity index (χ2v) is 9.27. The van der Waals surface area contributed by atoms with Crippen LogP contribution in [0.4, 0.5) is 10.8 Å². The molecule has 0 radical (unpaired) electrons. The lowest BCUT2D eigenvalue weighted by molar-refractivity contribution is -0.120. The molecular formula is C25H25N5O3S. The first-order chi connectivity index (χ1) is 16.5. The van der Waals surface area contributed by atoms with E-state index < -0.39 is 5.97 Å². The molecule has 8 nitrogen and oxygen atoms in total. The molecule has 5 rings (SSSR count). The molecule has 1 amide bonds. The number of thiazole rings is 1. The Kier molecular flexibility index (Phi) is 6.02. The molecular weight excluding hydrogens is 450 g/mol. The van der Waals surface area contributed by atoms with Crippen molar-refractivity contribution in [3.63, 3.8) is 0 Å². The number of hydrogen-bond acceptors (Lipinski definition) is 7. The Hall–Kier alpha value is -3.72. The van der Waals surface area contributed by atoms with Gasteiger partial charge in [0.05, 0.1) is 40.4 Å². The summed E-state index contributed by atoms with van der Waals surface area (Å²) in [5.41, 5.74) is 3.56. The lowest BCUT2D eigenvalue weighted by Crippen LogP contribution is -2.40. The van der Waals surface area contributed by atoms with E-state index in [0.29, 0.717) is 17.8 Å². The van der Waals surface area contributed by atoms with Crippen LogP contribution in [-0.2, 0) is 9.53 Å². The molecule has 1 atom stereocenters. The van der Waals surface area contributed by atoms with Crippen LogP contribution in [0.1, 0.15) is 28.9 Å². The predicted octanol–water partition coefficient (Wildman–Crippen LogP) is 4.43. The summed E-state index contributed by atoms with van der Waals surface area (Å²) in [7, 11) is 1.33. The van der Waals surface area contributed by atoms with E-state index >= 15 is 0 Å². The summed E-state index contributed by atoms with van der Waals surface area (Å²) < 4.78 is 7.77. The number of methoxy groups -OCH3 is 1. The van der Waals surface area contributed by atoms with Crippen LogP contribution in [-0.4, -0.2) is 46.8 Å². The number of benzene rings is 2. The quantitative estimate of drug-likeness (QED) is 0.430. The van der Waals surface area contributed by atoms with Gasteiger partial charge in [0.25, 0.3) is 0 Å². The number of rotatable bonds is 5. The van der Waals surface area contributed by atoms with Gasteiger partial charge >= 0.3 is 5.97 Å². The van der Waals surface area contributed by atoms with Crippen molar-refractivity contribution in [2.75, 3.05) is 30.4 Å². The number of nitrogens with one attached hydrogen (secondary N) is 1. The predicted molar refractivity (Wildman–Crippen MR) is 133 cm³/mol. The molecule has 3 heterocycles. The van der Waals surface area contributed by atoms with Crippen molar-refractivity contribution in [3.8, 4) is 5.69 Å². The number of piperidine rings is 1. The zero-order valence-corrected chi connectivity index (χ0v) is 19.8. The highest BCUT2D eigenvalue weighted by Gasteiger charge is 2.29. The fourth-order valence-corrected chi connectivity index (χ4v) is 5.31. The van der Waals surface area contributed by atoms with Gasteiger partial charge in [-0.1, -0.05) is 41.7 Å². The number of aryl methyl sites for hydroxylation is 1. The molecule has 174 valence electrons. The first-order valence-electron chi connectivity index (χ1n) is 11.2. The summed E-state index contributed by atoms with van der Waals surface area (Å²) in [4.78, 5) is 32.2. The maximum atomic E-state index is 13.1. The summed E-state index contributed by atoms with van der Waals surface area (Å²) in [6.07, 6.45) is 1.67. The molecule has 1 aliphatic rings. The minimum atomic E-state index is -0.474. The van der Waals surface area contributed by atoms with E-state index in [4.69, 9.17) is 9.72 Å². The molecule has 34 heavy (non-hydrogen) atoms. The van der Waals surface area contributed by atoms with Crippen molar-refractivity contribution in [3.05, 3.63) is 65.9 Å². The van der Waals surface area contributed by atoms with Crippen LogP contribution in [0, 0.1) is 12.8 Å². The summed E-state index contributed by atoms with van der Waals surface area (Å²) in [5.74, 6) is -0.787. The smallest absolute Gasteiger partial charge is 0.339 e. The molecule has 2 aromatic heterocycles. The molecule has 1 N–H and O–H groups in total. The van der Waals surface area contributed by atoms with Crippen molar-refractivity contribution in [1.82, 2.24) is 14.8 Å². The van der Waals surface area contributed by atoms with Gasteiger partial charge in [-0.3, -0.25) is 4.79 Å². The topological polar surface area (TPSA) is 89.3 Å². The summed E-state index contributed by atoms with van der Waals surface area (Å²) >= 11 is 1.61. The van der Waals surface area contributed by atoms with Crippen LogP contribution in [0.2, 0.25) is 0 Å². The summed E-state index contributed by atoms with van der Waals surface area (Å²) in [5, 5.41) is 8.50. The molecule has 0 bridgehead atoms. The van der Waals surface area contributed by atoms with Crippen molar-refractivity contribution >= 4 is 44.4 Å². The van der Waals surface area contributed by atoms with Crippen LogP contribution in [0.15, 0.2) is 54.6 Å². The Morgan fingerprint density at radius 2 is 1.88 bits per heavy atom. The number of anilines is 2. The van der Waals surface area contributed by atoms with E-state index in [1.165, 1.54) is 7.11 Å². The van der Waals surface area contributed by atoms with Gasteiger partial charge in [-0.05, 0) is 44.0 Å². The van der Waals surface area contributed by atoms with Crippen molar-refractivity contribution in [2.24, 2.45) is 5.92 Å². The van der Waals surface area contributed by atoms with Gasteiger partial charge < -0.3 is 15.0 Å². The Bertz CT molecular complexity index is 1350. The highest BCUT2D eigenvalue weighted by molar-refractivity contribution is 7.22. The van der Waals surface area contributed by atoms with Crippen molar-refractivity contribution < 1.29 is 14.3 Å². The fourth-order valence-electron chi connectivity index (χ4n) is 4.29. The number of carbonyl (C=O) groups excluding carboxylic acids is 2. The van der Waals surface area contributed by atoms with Crippen molar-refractivity contribution in [1.29, 1.82) is 0 Å². The molecule has 0 unspecified atom stereocenters. The molecule has 4 aromatic rings. The van der Waals surface area contributed by atoms with E-state index in [9.17, 15) is 9.59 Å². The van der Waals surface area contributed by atoms with E-state index in [-0.39, 0.29) is 11.8 Å². The Labute approximate surface area is 201 Å². The van der Waals surface area contributed by atoms with Crippen LogP contribution >= 0.6 is 11.3 Å². The zero-order valence-electron chi connectivity index (χ0n) is 19.0. The number of ether oxygens (including phenoxy) is 1. The third-order valence-corrected chi connectivity index (χ3v) is 7.25. The highest BCUT2D eigenvalue weighted by Crippen LogP contribution is 2.34. The van der Waals surface area contributed by atoms with Crippen LogP contribution in [0.5, 0.6) is 0 Å². The van der Waals surface area contributed by atoms with Gasteiger partial charge in [0.15, 0.2) is 10.8 Å². The maximum absolute atomic E-state index is 13.1. The van der Waals surface area contributed by atoms with Gasteiger partial charge in [0, 0.05) is 13.1 Å². The second-order valence-electron chi connectivity index (χ2n) is 8.29. The maximum Gasteiger partial charge on any atom is 0.339 e. The second kappa shape index (κ2) is 9.26. The van der Waals surface area contributed by atoms with E-state index in [1.807, 2.05) is 41.9 Å². The number of nitrogens with zero attached hydrogens (tertiary/aromatic N) is 4. The normalized spacial score (nSPS) is 15.9. The summed E-state index contributed by atoms with van der Waals surface area (Å²) in [6.45, 7) is 3.41. The minimum absolute atomic E-state index is 0.103. The Morgan fingerprint density at radius 3 is 2.68 bits per heavy atom. The molecule has 9 heteroatoms. The van der Waals surface area contributed by atoms with Crippen LogP contribution < -0.4 is 10.2 Å². The molecule has 0 aliphatic carbocycles. The number of fused-ring (bicyclic) bond motifs is 1. The van der Waals surface area contributed by atoms with Gasteiger partial charge in [0.2, 0.25) is 5.91 Å². The molecule has 1 fully saturated rings. The van der Waals surface area contributed by atoms with Gasteiger partial charge in [0.1, 0.15) is 0 Å². The SMILES string of the molecule is COC(=O)c1ccccc1NC(=O)[C@H]1CCCN(c2nc3c(s2)c(C)nn3-c2ccccc2)C1. The molecule has 0 spiro atoms. The molecule has 0 saturated carbocycles. The number of carbonyl (C=O) groups is 2. The number of esters is 1. The molecule has 1 aliphatic heterocycles.